The van der Waals surface area contributed by atoms with Crippen molar-refractivity contribution in [3.8, 4) is 0 Å². The third-order valence-electron chi connectivity index (χ3n) is 3.07. The number of aromatic nitrogens is 3. The second-order valence-electron chi connectivity index (χ2n) is 4.16. The number of nitrogens with zero attached hydrogens (tertiary/aromatic N) is 3. The van der Waals surface area contributed by atoms with Crippen molar-refractivity contribution in [2.75, 3.05) is 6.54 Å². The average Bonchev–Trinajstić information content (AvgIpc) is 2.88. The van der Waals surface area contributed by atoms with Gasteiger partial charge in [-0.1, -0.05) is 0 Å². The predicted molar refractivity (Wildman–Crippen MR) is 63.3 cm³/mol. The second-order valence-corrected chi connectivity index (χ2v) is 5.10. The van der Waals surface area contributed by atoms with Gasteiger partial charge in [0.05, 0.1) is 23.2 Å². The van der Waals surface area contributed by atoms with E-state index in [1.54, 1.807) is 17.7 Å². The van der Waals surface area contributed by atoms with E-state index < -0.39 is 0 Å². The predicted octanol–water partition coefficient (Wildman–Crippen LogP) is 1.73. The molecule has 2 aromatic heterocycles. The highest BCUT2D eigenvalue weighted by Gasteiger charge is 2.19. The largest absolute Gasteiger partial charge is 0.348 e. The molecule has 1 aliphatic heterocycles. The van der Waals surface area contributed by atoms with E-state index in [4.69, 9.17) is 0 Å². The SMILES string of the molecule is Cc1[nH]cnc1CN1CCc2ncsc2C1. The number of rotatable bonds is 2. The zero-order valence-corrected chi connectivity index (χ0v) is 10.0. The van der Waals surface area contributed by atoms with Crippen molar-refractivity contribution in [2.24, 2.45) is 0 Å². The molecule has 0 saturated carbocycles. The fourth-order valence-corrected chi connectivity index (χ4v) is 2.92. The van der Waals surface area contributed by atoms with Crippen LogP contribution in [-0.2, 0) is 19.5 Å². The minimum Gasteiger partial charge on any atom is -0.348 e. The Morgan fingerprint density at radius 1 is 1.50 bits per heavy atom. The number of aromatic amines is 1. The van der Waals surface area contributed by atoms with Gasteiger partial charge in [0.1, 0.15) is 0 Å². The summed E-state index contributed by atoms with van der Waals surface area (Å²) in [4.78, 5) is 15.7. The molecular weight excluding hydrogens is 220 g/mol. The molecule has 0 fully saturated rings. The topological polar surface area (TPSA) is 44.8 Å². The lowest BCUT2D eigenvalue weighted by Gasteiger charge is -2.25. The van der Waals surface area contributed by atoms with Gasteiger partial charge in [-0.15, -0.1) is 11.3 Å². The van der Waals surface area contributed by atoms with Crippen LogP contribution in [0, 0.1) is 6.92 Å². The normalized spacial score (nSPS) is 16.3. The Bertz CT molecular complexity index is 488. The Morgan fingerprint density at radius 2 is 2.44 bits per heavy atom. The first-order valence-electron chi connectivity index (χ1n) is 5.45. The molecule has 0 saturated heterocycles. The molecule has 3 heterocycles. The zero-order chi connectivity index (χ0) is 11.0. The molecule has 0 amide bonds. The van der Waals surface area contributed by atoms with Gasteiger partial charge in [0, 0.05) is 36.6 Å². The monoisotopic (exact) mass is 234 g/mol. The van der Waals surface area contributed by atoms with E-state index in [9.17, 15) is 0 Å². The van der Waals surface area contributed by atoms with Gasteiger partial charge in [-0.2, -0.15) is 0 Å². The highest BCUT2D eigenvalue weighted by molar-refractivity contribution is 7.09. The Balaban J connectivity index is 1.73. The van der Waals surface area contributed by atoms with Crippen LogP contribution in [0.3, 0.4) is 0 Å². The molecule has 2 aromatic rings. The lowest BCUT2D eigenvalue weighted by molar-refractivity contribution is 0.244. The van der Waals surface area contributed by atoms with Crippen molar-refractivity contribution in [1.29, 1.82) is 0 Å². The second kappa shape index (κ2) is 3.99. The lowest BCUT2D eigenvalue weighted by Crippen LogP contribution is -2.29. The van der Waals surface area contributed by atoms with Gasteiger partial charge in [-0.3, -0.25) is 4.90 Å². The molecule has 0 radical (unpaired) electrons. The van der Waals surface area contributed by atoms with E-state index >= 15 is 0 Å². The van der Waals surface area contributed by atoms with E-state index in [-0.39, 0.29) is 0 Å². The van der Waals surface area contributed by atoms with Gasteiger partial charge in [-0.05, 0) is 6.92 Å². The quantitative estimate of drug-likeness (QED) is 0.860. The van der Waals surface area contributed by atoms with E-state index in [2.05, 4.69) is 26.8 Å². The maximum Gasteiger partial charge on any atom is 0.0925 e. The molecule has 1 aliphatic rings. The number of aryl methyl sites for hydroxylation is 1. The minimum absolute atomic E-state index is 0.937. The number of H-pyrrole nitrogens is 1. The number of thiazole rings is 1. The van der Waals surface area contributed by atoms with Gasteiger partial charge in [-0.25, -0.2) is 9.97 Å². The van der Waals surface area contributed by atoms with Crippen LogP contribution in [0.5, 0.6) is 0 Å². The van der Waals surface area contributed by atoms with E-state index in [0.717, 1.165) is 31.7 Å². The van der Waals surface area contributed by atoms with Crippen LogP contribution < -0.4 is 0 Å². The lowest BCUT2D eigenvalue weighted by atomic mass is 10.1. The molecule has 0 bridgehead atoms. The summed E-state index contributed by atoms with van der Waals surface area (Å²) < 4.78 is 0. The first-order valence-corrected chi connectivity index (χ1v) is 6.33. The molecular formula is C11H14N4S. The molecule has 0 atom stereocenters. The van der Waals surface area contributed by atoms with Crippen molar-refractivity contribution in [2.45, 2.75) is 26.4 Å². The summed E-state index contributed by atoms with van der Waals surface area (Å²) in [7, 11) is 0. The van der Waals surface area contributed by atoms with Crippen LogP contribution in [-0.4, -0.2) is 26.4 Å². The number of imidazole rings is 1. The molecule has 0 unspecified atom stereocenters. The van der Waals surface area contributed by atoms with Crippen LogP contribution in [0.25, 0.3) is 0 Å². The summed E-state index contributed by atoms with van der Waals surface area (Å²) >= 11 is 1.76. The summed E-state index contributed by atoms with van der Waals surface area (Å²) in [5.74, 6) is 0. The average molecular weight is 234 g/mol. The third kappa shape index (κ3) is 1.76. The van der Waals surface area contributed by atoms with Crippen molar-refractivity contribution in [1.82, 2.24) is 19.9 Å². The van der Waals surface area contributed by atoms with E-state index in [1.165, 1.54) is 16.3 Å². The Morgan fingerprint density at radius 3 is 3.25 bits per heavy atom. The van der Waals surface area contributed by atoms with Crippen LogP contribution in [0.15, 0.2) is 11.8 Å². The first-order chi connectivity index (χ1) is 7.83. The summed E-state index contributed by atoms with van der Waals surface area (Å²) in [6.07, 6.45) is 2.84. The highest BCUT2D eigenvalue weighted by Crippen LogP contribution is 2.22. The maximum absolute atomic E-state index is 4.38. The van der Waals surface area contributed by atoms with Gasteiger partial charge in [0.15, 0.2) is 0 Å². The Hall–Kier alpha value is -1.20. The van der Waals surface area contributed by atoms with Crippen molar-refractivity contribution < 1.29 is 0 Å². The molecule has 84 valence electrons. The molecule has 5 heteroatoms. The number of hydrogen-bond acceptors (Lipinski definition) is 4. The highest BCUT2D eigenvalue weighted by atomic mass is 32.1. The number of fused-ring (bicyclic) bond motifs is 1. The van der Waals surface area contributed by atoms with Gasteiger partial charge in [0.2, 0.25) is 0 Å². The molecule has 3 rings (SSSR count). The molecule has 1 N–H and O–H groups in total. The summed E-state index contributed by atoms with van der Waals surface area (Å²) in [6.45, 7) is 5.12. The molecule has 16 heavy (non-hydrogen) atoms. The smallest absolute Gasteiger partial charge is 0.0925 e. The minimum atomic E-state index is 0.937. The number of hydrogen-bond donors (Lipinski definition) is 1. The van der Waals surface area contributed by atoms with Crippen molar-refractivity contribution in [3.63, 3.8) is 0 Å². The summed E-state index contributed by atoms with van der Waals surface area (Å²) in [5, 5.41) is 0. The van der Waals surface area contributed by atoms with Crippen LogP contribution >= 0.6 is 11.3 Å². The third-order valence-corrected chi connectivity index (χ3v) is 3.93. The maximum atomic E-state index is 4.38. The molecule has 4 nitrogen and oxygen atoms in total. The van der Waals surface area contributed by atoms with Gasteiger partial charge in [0.25, 0.3) is 0 Å². The van der Waals surface area contributed by atoms with E-state index in [0.29, 0.717) is 0 Å². The fourth-order valence-electron chi connectivity index (χ4n) is 2.07. The van der Waals surface area contributed by atoms with Crippen molar-refractivity contribution in [3.05, 3.63) is 33.8 Å². The zero-order valence-electron chi connectivity index (χ0n) is 9.23. The summed E-state index contributed by atoms with van der Waals surface area (Å²) in [5.41, 5.74) is 5.58. The molecule has 0 aliphatic carbocycles. The van der Waals surface area contributed by atoms with E-state index in [1.807, 2.05) is 5.51 Å². The fraction of sp³-hybridized carbons (Fsp3) is 0.455. The molecule has 0 aromatic carbocycles. The van der Waals surface area contributed by atoms with Gasteiger partial charge < -0.3 is 4.98 Å². The van der Waals surface area contributed by atoms with Crippen LogP contribution in [0.1, 0.15) is 22.0 Å². The standard InChI is InChI=1S/C11H14N4S/c1-8-10(13-6-12-8)4-15-3-2-9-11(5-15)16-7-14-9/h6-7H,2-5H2,1H3,(H,12,13). The van der Waals surface area contributed by atoms with Crippen LogP contribution in [0.2, 0.25) is 0 Å². The van der Waals surface area contributed by atoms with Gasteiger partial charge >= 0.3 is 0 Å². The summed E-state index contributed by atoms with van der Waals surface area (Å²) in [6, 6.07) is 0. The Kier molecular flexibility index (Phi) is 2.49. The molecule has 0 spiro atoms. The van der Waals surface area contributed by atoms with Crippen LogP contribution in [0.4, 0.5) is 0 Å². The van der Waals surface area contributed by atoms with Crippen molar-refractivity contribution >= 4 is 11.3 Å². The Labute approximate surface area is 98.4 Å². The first kappa shape index (κ1) is 9.99. The number of nitrogens with one attached hydrogen (secondary N) is 1.